The number of nitrogens with one attached hydrogen (secondary N) is 2. The maximum Gasteiger partial charge on any atom is 0.279 e. The third-order valence-corrected chi connectivity index (χ3v) is 5.82. The van der Waals surface area contributed by atoms with Crippen molar-refractivity contribution in [3.05, 3.63) is 53.6 Å². The van der Waals surface area contributed by atoms with Crippen molar-refractivity contribution in [1.29, 1.82) is 0 Å². The summed E-state index contributed by atoms with van der Waals surface area (Å²) in [5, 5.41) is 3.89. The van der Waals surface area contributed by atoms with Gasteiger partial charge in [0.15, 0.2) is 6.54 Å². The van der Waals surface area contributed by atoms with E-state index in [2.05, 4.69) is 27.2 Å². The van der Waals surface area contributed by atoms with E-state index in [1.54, 1.807) is 0 Å². The Morgan fingerprint density at radius 1 is 1.00 bits per heavy atom. The van der Waals surface area contributed by atoms with Gasteiger partial charge in [0.05, 0.1) is 50.8 Å². The van der Waals surface area contributed by atoms with Crippen LogP contribution in [0.15, 0.2) is 48.5 Å². The summed E-state index contributed by atoms with van der Waals surface area (Å²) >= 11 is 6.11. The number of nitrogens with zero attached hydrogens (tertiary/aromatic N) is 2. The number of ether oxygens (including phenoxy) is 1. The molecular weight excluding hydrogens is 388 g/mol. The maximum atomic E-state index is 12.7. The van der Waals surface area contributed by atoms with E-state index in [1.165, 1.54) is 4.90 Å². The topological polar surface area (TPSA) is 49.2 Å². The lowest BCUT2D eigenvalue weighted by Crippen LogP contribution is -3.15. The predicted molar refractivity (Wildman–Crippen MR) is 117 cm³/mol. The number of hydrogen-bond acceptors (Lipinski definition) is 4. The molecule has 0 unspecified atom stereocenters. The summed E-state index contributed by atoms with van der Waals surface area (Å²) in [6.07, 6.45) is 0. The Kier molecular flexibility index (Phi) is 6.54. The first kappa shape index (κ1) is 20.0. The number of morpholine rings is 1. The molecule has 0 bridgehead atoms. The molecule has 0 radical (unpaired) electrons. The van der Waals surface area contributed by atoms with Gasteiger partial charge < -0.3 is 24.8 Å². The molecule has 2 saturated heterocycles. The SMILES string of the molecule is O=C(C[NH+]1CCN(c2cccc(Cl)c2)CC1)Nc1ccccc1N1CCOCC1. The Morgan fingerprint density at radius 3 is 2.52 bits per heavy atom. The molecule has 2 fully saturated rings. The number of benzene rings is 2. The zero-order chi connectivity index (χ0) is 20.1. The van der Waals surface area contributed by atoms with Crippen LogP contribution in [0.4, 0.5) is 17.1 Å². The van der Waals surface area contributed by atoms with Gasteiger partial charge in [-0.05, 0) is 30.3 Å². The predicted octanol–water partition coefficient (Wildman–Crippen LogP) is 1.52. The van der Waals surface area contributed by atoms with Gasteiger partial charge in [-0.1, -0.05) is 29.8 Å². The van der Waals surface area contributed by atoms with Crippen molar-refractivity contribution < 1.29 is 14.4 Å². The third-order valence-electron chi connectivity index (χ3n) is 5.58. The number of carbonyl (C=O) groups is 1. The first-order chi connectivity index (χ1) is 14.2. The molecule has 2 aromatic rings. The first-order valence-corrected chi connectivity index (χ1v) is 10.6. The summed E-state index contributed by atoms with van der Waals surface area (Å²) in [5.74, 6) is 0.0666. The number of halogens is 1. The number of quaternary nitrogens is 1. The van der Waals surface area contributed by atoms with Crippen molar-refractivity contribution in [2.45, 2.75) is 0 Å². The van der Waals surface area contributed by atoms with Gasteiger partial charge >= 0.3 is 0 Å². The molecule has 154 valence electrons. The van der Waals surface area contributed by atoms with Crippen molar-refractivity contribution >= 4 is 34.6 Å². The number of hydrogen-bond donors (Lipinski definition) is 2. The average Bonchev–Trinajstić information content (AvgIpc) is 2.75. The van der Waals surface area contributed by atoms with Gasteiger partial charge in [-0.25, -0.2) is 0 Å². The number of amides is 1. The van der Waals surface area contributed by atoms with E-state index in [0.717, 1.165) is 74.6 Å². The van der Waals surface area contributed by atoms with Crippen LogP contribution in [-0.4, -0.2) is 64.9 Å². The molecule has 6 nitrogen and oxygen atoms in total. The van der Waals surface area contributed by atoms with E-state index in [4.69, 9.17) is 16.3 Å². The van der Waals surface area contributed by atoms with Crippen LogP contribution in [0, 0.1) is 0 Å². The van der Waals surface area contributed by atoms with Gasteiger partial charge in [-0.15, -0.1) is 0 Å². The highest BCUT2D eigenvalue weighted by Crippen LogP contribution is 2.26. The second-order valence-corrected chi connectivity index (χ2v) is 7.99. The lowest BCUT2D eigenvalue weighted by atomic mass is 10.2. The van der Waals surface area contributed by atoms with Crippen molar-refractivity contribution in [1.82, 2.24) is 0 Å². The number of para-hydroxylation sites is 2. The van der Waals surface area contributed by atoms with Crippen LogP contribution >= 0.6 is 11.6 Å². The van der Waals surface area contributed by atoms with Gasteiger partial charge in [-0.2, -0.15) is 0 Å². The van der Waals surface area contributed by atoms with Crippen LogP contribution < -0.4 is 20.0 Å². The Bertz CT molecular complexity index is 833. The summed E-state index contributed by atoms with van der Waals surface area (Å²) in [6.45, 7) is 7.36. The van der Waals surface area contributed by atoms with Crippen LogP contribution in [0.3, 0.4) is 0 Å². The highest BCUT2D eigenvalue weighted by Gasteiger charge is 2.23. The van der Waals surface area contributed by atoms with Crippen LogP contribution in [-0.2, 0) is 9.53 Å². The van der Waals surface area contributed by atoms with Gasteiger partial charge in [0.25, 0.3) is 5.91 Å². The second-order valence-electron chi connectivity index (χ2n) is 7.56. The minimum absolute atomic E-state index is 0.0666. The van der Waals surface area contributed by atoms with Gasteiger partial charge in [0, 0.05) is 23.8 Å². The van der Waals surface area contributed by atoms with Crippen LogP contribution in [0.2, 0.25) is 5.02 Å². The molecule has 7 heteroatoms. The van der Waals surface area contributed by atoms with E-state index in [1.807, 2.05) is 36.4 Å². The summed E-state index contributed by atoms with van der Waals surface area (Å²) in [4.78, 5) is 18.6. The summed E-state index contributed by atoms with van der Waals surface area (Å²) < 4.78 is 5.45. The summed E-state index contributed by atoms with van der Waals surface area (Å²) in [5.41, 5.74) is 3.11. The minimum atomic E-state index is 0.0666. The lowest BCUT2D eigenvalue weighted by Gasteiger charge is -2.33. The molecule has 2 aliphatic rings. The minimum Gasteiger partial charge on any atom is -0.378 e. The normalized spacial score (nSPS) is 18.0. The summed E-state index contributed by atoms with van der Waals surface area (Å²) in [6, 6.07) is 16.0. The first-order valence-electron chi connectivity index (χ1n) is 10.2. The Labute approximate surface area is 177 Å². The molecule has 1 amide bonds. The molecule has 29 heavy (non-hydrogen) atoms. The third kappa shape index (κ3) is 5.21. The lowest BCUT2D eigenvalue weighted by molar-refractivity contribution is -0.892. The second kappa shape index (κ2) is 9.48. The quantitative estimate of drug-likeness (QED) is 0.777. The Morgan fingerprint density at radius 2 is 1.76 bits per heavy atom. The van der Waals surface area contributed by atoms with E-state index in [0.29, 0.717) is 6.54 Å². The van der Waals surface area contributed by atoms with Gasteiger partial charge in [0.2, 0.25) is 0 Å². The fraction of sp³-hybridized carbons (Fsp3) is 0.409. The van der Waals surface area contributed by atoms with Crippen molar-refractivity contribution in [3.63, 3.8) is 0 Å². The smallest absolute Gasteiger partial charge is 0.279 e. The Hall–Kier alpha value is -2.28. The molecule has 4 rings (SSSR count). The molecule has 0 aromatic heterocycles. The van der Waals surface area contributed by atoms with Crippen LogP contribution in [0.1, 0.15) is 0 Å². The standard InChI is InChI=1S/C22H27ClN4O2/c23-18-4-3-5-19(16-18)26-10-8-25(9-11-26)17-22(28)24-20-6-1-2-7-21(20)27-12-14-29-15-13-27/h1-7,16H,8-15,17H2,(H,24,28)/p+1. The van der Waals surface area contributed by atoms with Gasteiger partial charge in [-0.3, -0.25) is 4.79 Å². The fourth-order valence-electron chi connectivity index (χ4n) is 4.01. The molecule has 2 heterocycles. The number of rotatable bonds is 5. The molecule has 2 N–H and O–H groups in total. The molecule has 0 atom stereocenters. The highest BCUT2D eigenvalue weighted by molar-refractivity contribution is 6.30. The van der Waals surface area contributed by atoms with E-state index in [-0.39, 0.29) is 5.91 Å². The zero-order valence-corrected chi connectivity index (χ0v) is 17.3. The van der Waals surface area contributed by atoms with Crippen LogP contribution in [0.5, 0.6) is 0 Å². The summed E-state index contributed by atoms with van der Waals surface area (Å²) in [7, 11) is 0. The molecular formula is C22H28ClN4O2+. The number of anilines is 3. The maximum absolute atomic E-state index is 12.7. The fourth-order valence-corrected chi connectivity index (χ4v) is 4.20. The number of piperazine rings is 1. The average molecular weight is 416 g/mol. The highest BCUT2D eigenvalue weighted by atomic mass is 35.5. The van der Waals surface area contributed by atoms with Crippen molar-refractivity contribution in [2.75, 3.05) is 74.1 Å². The molecule has 0 aliphatic carbocycles. The van der Waals surface area contributed by atoms with E-state index < -0.39 is 0 Å². The zero-order valence-electron chi connectivity index (χ0n) is 16.6. The molecule has 0 spiro atoms. The van der Waals surface area contributed by atoms with E-state index >= 15 is 0 Å². The van der Waals surface area contributed by atoms with Gasteiger partial charge in [0.1, 0.15) is 0 Å². The molecule has 0 saturated carbocycles. The largest absolute Gasteiger partial charge is 0.378 e. The van der Waals surface area contributed by atoms with Crippen molar-refractivity contribution in [3.8, 4) is 0 Å². The monoisotopic (exact) mass is 415 g/mol. The Balaban J connectivity index is 1.31. The van der Waals surface area contributed by atoms with E-state index in [9.17, 15) is 4.79 Å². The molecule has 2 aliphatic heterocycles. The number of carbonyl (C=O) groups excluding carboxylic acids is 1. The van der Waals surface area contributed by atoms with Crippen LogP contribution in [0.25, 0.3) is 0 Å². The van der Waals surface area contributed by atoms with Crippen molar-refractivity contribution in [2.24, 2.45) is 0 Å². The molecule has 2 aromatic carbocycles.